The zero-order valence-electron chi connectivity index (χ0n) is 9.95. The Morgan fingerprint density at radius 3 is 3.00 bits per heavy atom. The lowest BCUT2D eigenvalue weighted by Gasteiger charge is -2.12. The Hall–Kier alpha value is -1.32. The third kappa shape index (κ3) is 4.96. The van der Waals surface area contributed by atoms with Crippen LogP contribution in [0, 0.1) is 6.92 Å². The number of nitrogens with two attached hydrogens (primary N) is 1. The molecule has 0 aliphatic carbocycles. The van der Waals surface area contributed by atoms with E-state index < -0.39 is 0 Å². The molecule has 0 spiro atoms. The maximum Gasteiger partial charge on any atom is 0.0347 e. The topological polar surface area (TPSA) is 41.3 Å². The minimum absolute atomic E-state index is 0.838. The van der Waals surface area contributed by atoms with E-state index in [0.29, 0.717) is 0 Å². The van der Waals surface area contributed by atoms with Gasteiger partial charge in [-0.3, -0.25) is 0 Å². The molecular weight excluding hydrogens is 198 g/mol. The highest BCUT2D eigenvalue weighted by molar-refractivity contribution is 5.21. The van der Waals surface area contributed by atoms with Crippen LogP contribution in [0.4, 0.5) is 0 Å². The SMILES string of the molecule is C=CN(N)CCCNCc1cccc(C)c1. The molecule has 0 heterocycles. The van der Waals surface area contributed by atoms with Crippen molar-refractivity contribution < 1.29 is 0 Å². The molecule has 16 heavy (non-hydrogen) atoms. The van der Waals surface area contributed by atoms with Crippen molar-refractivity contribution >= 4 is 0 Å². The van der Waals surface area contributed by atoms with Crippen molar-refractivity contribution in [2.24, 2.45) is 5.84 Å². The second-order valence-electron chi connectivity index (χ2n) is 3.94. The highest BCUT2D eigenvalue weighted by Crippen LogP contribution is 2.02. The second kappa shape index (κ2) is 7.04. The molecule has 1 rings (SSSR count). The molecule has 0 unspecified atom stereocenters. The Kier molecular flexibility index (Phi) is 5.61. The lowest BCUT2D eigenvalue weighted by Crippen LogP contribution is -2.28. The van der Waals surface area contributed by atoms with Crippen molar-refractivity contribution in [2.75, 3.05) is 13.1 Å². The van der Waals surface area contributed by atoms with E-state index in [1.165, 1.54) is 11.1 Å². The van der Waals surface area contributed by atoms with Crippen LogP contribution >= 0.6 is 0 Å². The molecule has 3 heteroatoms. The molecule has 3 nitrogen and oxygen atoms in total. The minimum Gasteiger partial charge on any atom is -0.319 e. The molecule has 0 aromatic heterocycles. The van der Waals surface area contributed by atoms with Gasteiger partial charge in [-0.2, -0.15) is 0 Å². The Morgan fingerprint density at radius 1 is 1.50 bits per heavy atom. The average Bonchev–Trinajstić information content (AvgIpc) is 2.28. The molecule has 3 N–H and O–H groups in total. The number of hydrazine groups is 1. The normalized spacial score (nSPS) is 10.1. The van der Waals surface area contributed by atoms with Gasteiger partial charge in [-0.1, -0.05) is 36.4 Å². The highest BCUT2D eigenvalue weighted by atomic mass is 15.4. The van der Waals surface area contributed by atoms with Gasteiger partial charge in [0.1, 0.15) is 0 Å². The van der Waals surface area contributed by atoms with Gasteiger partial charge in [-0.25, -0.2) is 5.84 Å². The van der Waals surface area contributed by atoms with E-state index in [4.69, 9.17) is 5.84 Å². The van der Waals surface area contributed by atoms with Gasteiger partial charge in [0.05, 0.1) is 0 Å². The first-order valence-corrected chi connectivity index (χ1v) is 5.62. The van der Waals surface area contributed by atoms with E-state index in [1.54, 1.807) is 11.2 Å². The molecule has 1 aromatic carbocycles. The van der Waals surface area contributed by atoms with Crippen LogP contribution in [0.15, 0.2) is 37.0 Å². The fourth-order valence-corrected chi connectivity index (χ4v) is 1.53. The van der Waals surface area contributed by atoms with Gasteiger partial charge < -0.3 is 10.3 Å². The van der Waals surface area contributed by atoms with Crippen LogP contribution in [0.25, 0.3) is 0 Å². The smallest absolute Gasteiger partial charge is 0.0347 e. The van der Waals surface area contributed by atoms with Crippen LogP contribution < -0.4 is 11.2 Å². The Bertz CT molecular complexity index is 323. The molecule has 0 amide bonds. The molecule has 0 aliphatic heterocycles. The van der Waals surface area contributed by atoms with Crippen LogP contribution in [-0.4, -0.2) is 18.1 Å². The first-order chi connectivity index (χ1) is 7.72. The van der Waals surface area contributed by atoms with Crippen molar-refractivity contribution in [1.82, 2.24) is 10.3 Å². The molecule has 0 fully saturated rings. The van der Waals surface area contributed by atoms with Crippen LogP contribution in [0.1, 0.15) is 17.5 Å². The summed E-state index contributed by atoms with van der Waals surface area (Å²) in [6.07, 6.45) is 2.66. The molecule has 0 radical (unpaired) electrons. The quantitative estimate of drug-likeness (QED) is 0.417. The number of hydrogen-bond acceptors (Lipinski definition) is 3. The summed E-state index contributed by atoms with van der Waals surface area (Å²) < 4.78 is 0. The summed E-state index contributed by atoms with van der Waals surface area (Å²) in [5.74, 6) is 5.57. The summed E-state index contributed by atoms with van der Waals surface area (Å²) in [7, 11) is 0. The van der Waals surface area contributed by atoms with Crippen molar-refractivity contribution in [1.29, 1.82) is 0 Å². The van der Waals surface area contributed by atoms with E-state index in [2.05, 4.69) is 43.1 Å². The maximum atomic E-state index is 5.57. The summed E-state index contributed by atoms with van der Waals surface area (Å²) in [5.41, 5.74) is 2.63. The summed E-state index contributed by atoms with van der Waals surface area (Å²) in [4.78, 5) is 0. The highest BCUT2D eigenvalue weighted by Gasteiger charge is 1.94. The summed E-state index contributed by atoms with van der Waals surface area (Å²) in [6.45, 7) is 8.43. The summed E-state index contributed by atoms with van der Waals surface area (Å²) >= 11 is 0. The Labute approximate surface area is 97.9 Å². The molecule has 0 saturated heterocycles. The maximum absolute atomic E-state index is 5.57. The standard InChI is InChI=1S/C13H21N3/c1-3-16(14)9-5-8-15-11-13-7-4-6-12(2)10-13/h3-4,6-7,10,15H,1,5,8-9,11,14H2,2H3. The van der Waals surface area contributed by atoms with E-state index in [1.807, 2.05) is 0 Å². The van der Waals surface area contributed by atoms with Gasteiger partial charge in [0.25, 0.3) is 0 Å². The number of benzene rings is 1. The molecular formula is C13H21N3. The predicted molar refractivity (Wildman–Crippen MR) is 68.6 cm³/mol. The van der Waals surface area contributed by atoms with E-state index in [9.17, 15) is 0 Å². The fraction of sp³-hybridized carbons (Fsp3) is 0.385. The van der Waals surface area contributed by atoms with Crippen LogP contribution in [0.3, 0.4) is 0 Å². The number of aryl methyl sites for hydroxylation is 1. The van der Waals surface area contributed by atoms with Crippen molar-refractivity contribution in [3.8, 4) is 0 Å². The van der Waals surface area contributed by atoms with E-state index in [-0.39, 0.29) is 0 Å². The zero-order valence-corrected chi connectivity index (χ0v) is 9.95. The lowest BCUT2D eigenvalue weighted by atomic mass is 10.1. The molecule has 88 valence electrons. The molecule has 0 atom stereocenters. The predicted octanol–water partition coefficient (Wildman–Crippen LogP) is 1.79. The van der Waals surface area contributed by atoms with Gasteiger partial charge in [0, 0.05) is 19.3 Å². The Morgan fingerprint density at radius 2 is 2.31 bits per heavy atom. The van der Waals surface area contributed by atoms with Crippen LogP contribution in [-0.2, 0) is 6.54 Å². The van der Waals surface area contributed by atoms with Crippen LogP contribution in [0.5, 0.6) is 0 Å². The lowest BCUT2D eigenvalue weighted by molar-refractivity contribution is 0.382. The summed E-state index contributed by atoms with van der Waals surface area (Å²) in [6, 6.07) is 8.54. The van der Waals surface area contributed by atoms with Gasteiger partial charge in [0.15, 0.2) is 0 Å². The van der Waals surface area contributed by atoms with Gasteiger partial charge in [-0.15, -0.1) is 0 Å². The number of nitrogens with zero attached hydrogens (tertiary/aromatic N) is 1. The third-order valence-corrected chi connectivity index (χ3v) is 2.42. The van der Waals surface area contributed by atoms with Crippen molar-refractivity contribution in [2.45, 2.75) is 19.9 Å². The van der Waals surface area contributed by atoms with Crippen molar-refractivity contribution in [3.05, 3.63) is 48.2 Å². The number of hydrogen-bond donors (Lipinski definition) is 2. The monoisotopic (exact) mass is 219 g/mol. The first kappa shape index (κ1) is 12.7. The van der Waals surface area contributed by atoms with E-state index >= 15 is 0 Å². The molecule has 1 aromatic rings. The molecule has 0 saturated carbocycles. The fourth-order valence-electron chi connectivity index (χ4n) is 1.53. The zero-order chi connectivity index (χ0) is 11.8. The number of nitrogens with one attached hydrogen (secondary N) is 1. The molecule has 0 aliphatic rings. The van der Waals surface area contributed by atoms with E-state index in [0.717, 1.165) is 26.1 Å². The van der Waals surface area contributed by atoms with Crippen LogP contribution in [0.2, 0.25) is 0 Å². The average molecular weight is 219 g/mol. The minimum atomic E-state index is 0.838. The van der Waals surface area contributed by atoms with Crippen molar-refractivity contribution in [3.63, 3.8) is 0 Å². The number of rotatable bonds is 7. The largest absolute Gasteiger partial charge is 0.319 e. The van der Waals surface area contributed by atoms with Gasteiger partial charge >= 0.3 is 0 Å². The Balaban J connectivity index is 2.14. The molecule has 0 bridgehead atoms. The third-order valence-electron chi connectivity index (χ3n) is 2.42. The first-order valence-electron chi connectivity index (χ1n) is 5.62. The van der Waals surface area contributed by atoms with Gasteiger partial charge in [0.2, 0.25) is 0 Å². The van der Waals surface area contributed by atoms with Gasteiger partial charge in [-0.05, 0) is 25.5 Å². The summed E-state index contributed by atoms with van der Waals surface area (Å²) in [5, 5.41) is 5.00. The second-order valence-corrected chi connectivity index (χ2v) is 3.94.